The molecule has 5 nitrogen and oxygen atoms in total. The maximum atomic E-state index is 11.7. The highest BCUT2D eigenvalue weighted by molar-refractivity contribution is 6.38. The third-order valence-corrected chi connectivity index (χ3v) is 3.33. The van der Waals surface area contributed by atoms with Gasteiger partial charge < -0.3 is 15.4 Å². The standard InChI is InChI=1S/C13H12Cl2N2O3/c1-2-16-10(18)5-7-11-8(15)3-6(14)4-9(11)17-13(20)12(7)19/h3-4,19H,2,5H2,1H3,(H,16,18)(H,17,20). The number of H-pyrrole nitrogens is 1. The number of aromatic nitrogens is 1. The number of carbonyl (C=O) groups is 1. The molecule has 0 spiro atoms. The second-order valence-electron chi connectivity index (χ2n) is 4.22. The van der Waals surface area contributed by atoms with E-state index < -0.39 is 11.3 Å². The van der Waals surface area contributed by atoms with E-state index in [2.05, 4.69) is 10.3 Å². The molecule has 7 heteroatoms. The number of nitrogens with one attached hydrogen (secondary N) is 2. The van der Waals surface area contributed by atoms with Crippen LogP contribution in [0.25, 0.3) is 10.9 Å². The number of aromatic amines is 1. The number of carbonyl (C=O) groups excluding carboxylic acids is 1. The minimum absolute atomic E-state index is 0.137. The number of rotatable bonds is 3. The van der Waals surface area contributed by atoms with Crippen molar-refractivity contribution in [1.82, 2.24) is 10.3 Å². The number of hydrogen-bond acceptors (Lipinski definition) is 3. The Labute approximate surface area is 124 Å². The van der Waals surface area contributed by atoms with Crippen LogP contribution >= 0.6 is 23.2 Å². The van der Waals surface area contributed by atoms with Crippen LogP contribution in [0.4, 0.5) is 0 Å². The summed E-state index contributed by atoms with van der Waals surface area (Å²) in [7, 11) is 0. The second-order valence-corrected chi connectivity index (χ2v) is 5.07. The summed E-state index contributed by atoms with van der Waals surface area (Å²) in [6.07, 6.45) is -0.137. The molecule has 2 aromatic rings. The van der Waals surface area contributed by atoms with Gasteiger partial charge in [0, 0.05) is 22.5 Å². The lowest BCUT2D eigenvalue weighted by molar-refractivity contribution is -0.120. The number of pyridine rings is 1. The molecule has 20 heavy (non-hydrogen) atoms. The average molecular weight is 315 g/mol. The summed E-state index contributed by atoms with van der Waals surface area (Å²) in [5.41, 5.74) is -0.115. The minimum Gasteiger partial charge on any atom is -0.503 e. The van der Waals surface area contributed by atoms with Gasteiger partial charge in [-0.05, 0) is 19.1 Å². The minimum atomic E-state index is -0.685. The molecule has 2 rings (SSSR count). The molecule has 0 aliphatic carbocycles. The van der Waals surface area contributed by atoms with Crippen molar-refractivity contribution in [2.75, 3.05) is 6.54 Å². The largest absolute Gasteiger partial charge is 0.503 e. The maximum absolute atomic E-state index is 11.7. The highest BCUT2D eigenvalue weighted by Crippen LogP contribution is 2.32. The van der Waals surface area contributed by atoms with Gasteiger partial charge in [0.1, 0.15) is 0 Å². The van der Waals surface area contributed by atoms with E-state index in [1.807, 2.05) is 0 Å². The van der Waals surface area contributed by atoms with Crippen LogP contribution in [-0.2, 0) is 11.2 Å². The SMILES string of the molecule is CCNC(=O)Cc1c(O)c(=O)[nH]c2cc(Cl)cc(Cl)c12. The van der Waals surface area contributed by atoms with Gasteiger partial charge in [0.15, 0.2) is 5.75 Å². The van der Waals surface area contributed by atoms with Gasteiger partial charge in [-0.25, -0.2) is 0 Å². The summed E-state index contributed by atoms with van der Waals surface area (Å²) >= 11 is 12.0. The molecule has 106 valence electrons. The smallest absolute Gasteiger partial charge is 0.290 e. The zero-order valence-electron chi connectivity index (χ0n) is 10.6. The van der Waals surface area contributed by atoms with Crippen LogP contribution in [0.15, 0.2) is 16.9 Å². The Morgan fingerprint density at radius 2 is 2.10 bits per heavy atom. The van der Waals surface area contributed by atoms with E-state index in [1.165, 1.54) is 12.1 Å². The van der Waals surface area contributed by atoms with E-state index >= 15 is 0 Å². The molecule has 0 saturated heterocycles. The summed E-state index contributed by atoms with van der Waals surface area (Å²) < 4.78 is 0. The topological polar surface area (TPSA) is 82.2 Å². The number of aromatic hydroxyl groups is 1. The number of likely N-dealkylation sites (N-methyl/N-ethyl adjacent to an activating group) is 1. The first-order valence-corrected chi connectivity index (χ1v) is 6.69. The monoisotopic (exact) mass is 314 g/mol. The Bertz CT molecular complexity index is 740. The van der Waals surface area contributed by atoms with Gasteiger partial charge in [0.05, 0.1) is 17.0 Å². The molecular formula is C13H12Cl2N2O3. The Kier molecular flexibility index (Phi) is 4.20. The molecule has 0 fully saturated rings. The van der Waals surface area contributed by atoms with E-state index in [9.17, 15) is 14.7 Å². The van der Waals surface area contributed by atoms with Crippen LogP contribution in [0.1, 0.15) is 12.5 Å². The highest BCUT2D eigenvalue weighted by Gasteiger charge is 2.17. The summed E-state index contributed by atoms with van der Waals surface area (Å²) in [4.78, 5) is 25.9. The van der Waals surface area contributed by atoms with Crippen molar-refractivity contribution in [3.05, 3.63) is 38.1 Å². The number of halogens is 2. The summed E-state index contributed by atoms with van der Waals surface area (Å²) in [6, 6.07) is 3.01. The van der Waals surface area contributed by atoms with Crippen LogP contribution in [0.3, 0.4) is 0 Å². The van der Waals surface area contributed by atoms with E-state index in [-0.39, 0.29) is 22.9 Å². The Morgan fingerprint density at radius 1 is 1.40 bits per heavy atom. The van der Waals surface area contributed by atoms with Crippen molar-refractivity contribution in [2.24, 2.45) is 0 Å². The number of amides is 1. The molecular weight excluding hydrogens is 303 g/mol. The first-order chi connectivity index (χ1) is 9.43. The Hall–Kier alpha value is -1.72. The molecule has 1 amide bonds. The van der Waals surface area contributed by atoms with E-state index in [1.54, 1.807) is 6.92 Å². The number of benzene rings is 1. The average Bonchev–Trinajstić information content (AvgIpc) is 2.34. The van der Waals surface area contributed by atoms with Crippen molar-refractivity contribution in [3.8, 4) is 5.75 Å². The molecule has 0 aliphatic heterocycles. The molecule has 0 bridgehead atoms. The Balaban J connectivity index is 2.70. The molecule has 0 saturated carbocycles. The van der Waals surface area contributed by atoms with Gasteiger partial charge in [-0.15, -0.1) is 0 Å². The van der Waals surface area contributed by atoms with Crippen molar-refractivity contribution < 1.29 is 9.90 Å². The molecule has 0 atom stereocenters. The lowest BCUT2D eigenvalue weighted by Crippen LogP contribution is -2.25. The number of fused-ring (bicyclic) bond motifs is 1. The lowest BCUT2D eigenvalue weighted by Gasteiger charge is -2.10. The molecule has 1 heterocycles. The van der Waals surface area contributed by atoms with Crippen LogP contribution in [0.5, 0.6) is 5.75 Å². The predicted octanol–water partition coefficient (Wildman–Crippen LogP) is 2.22. The van der Waals surface area contributed by atoms with Gasteiger partial charge in [0.2, 0.25) is 5.91 Å². The fourth-order valence-electron chi connectivity index (χ4n) is 2.01. The van der Waals surface area contributed by atoms with Gasteiger partial charge in [-0.3, -0.25) is 9.59 Å². The van der Waals surface area contributed by atoms with Crippen molar-refractivity contribution in [2.45, 2.75) is 13.3 Å². The third kappa shape index (κ3) is 2.73. The van der Waals surface area contributed by atoms with Gasteiger partial charge in [-0.2, -0.15) is 0 Å². The van der Waals surface area contributed by atoms with E-state index in [4.69, 9.17) is 23.2 Å². The van der Waals surface area contributed by atoms with Crippen molar-refractivity contribution in [3.63, 3.8) is 0 Å². The summed E-state index contributed by atoms with van der Waals surface area (Å²) in [6.45, 7) is 2.24. The molecule has 0 radical (unpaired) electrons. The molecule has 0 aliphatic rings. The quantitative estimate of drug-likeness (QED) is 0.812. The molecule has 0 unspecified atom stereocenters. The first-order valence-electron chi connectivity index (χ1n) is 5.93. The third-order valence-electron chi connectivity index (χ3n) is 2.82. The van der Waals surface area contributed by atoms with E-state index in [0.29, 0.717) is 22.5 Å². The highest BCUT2D eigenvalue weighted by atomic mass is 35.5. The lowest BCUT2D eigenvalue weighted by atomic mass is 10.0. The van der Waals surface area contributed by atoms with Crippen LogP contribution in [-0.4, -0.2) is 22.5 Å². The maximum Gasteiger partial charge on any atom is 0.290 e. The van der Waals surface area contributed by atoms with Crippen LogP contribution < -0.4 is 10.9 Å². The fourth-order valence-corrected chi connectivity index (χ4v) is 2.62. The zero-order valence-corrected chi connectivity index (χ0v) is 12.1. The van der Waals surface area contributed by atoms with E-state index in [0.717, 1.165) is 0 Å². The first kappa shape index (κ1) is 14.7. The fraction of sp³-hybridized carbons (Fsp3) is 0.231. The van der Waals surface area contributed by atoms with Crippen LogP contribution in [0.2, 0.25) is 10.0 Å². The van der Waals surface area contributed by atoms with Crippen molar-refractivity contribution in [1.29, 1.82) is 0 Å². The molecule has 3 N–H and O–H groups in total. The Morgan fingerprint density at radius 3 is 2.75 bits per heavy atom. The van der Waals surface area contributed by atoms with Gasteiger partial charge in [0.25, 0.3) is 5.56 Å². The zero-order chi connectivity index (χ0) is 14.9. The van der Waals surface area contributed by atoms with Crippen LogP contribution in [0, 0.1) is 0 Å². The second kappa shape index (κ2) is 5.73. The summed E-state index contributed by atoms with van der Waals surface area (Å²) in [5, 5.41) is 13.5. The normalized spacial score (nSPS) is 10.8. The van der Waals surface area contributed by atoms with Crippen molar-refractivity contribution >= 4 is 40.0 Å². The predicted molar refractivity (Wildman–Crippen MR) is 78.6 cm³/mol. The van der Waals surface area contributed by atoms with Gasteiger partial charge >= 0.3 is 0 Å². The summed E-state index contributed by atoms with van der Waals surface area (Å²) in [5.74, 6) is -0.811. The number of hydrogen-bond donors (Lipinski definition) is 3. The molecule has 1 aromatic heterocycles. The molecule has 1 aromatic carbocycles. The van der Waals surface area contributed by atoms with Gasteiger partial charge in [-0.1, -0.05) is 23.2 Å².